The van der Waals surface area contributed by atoms with Crippen molar-refractivity contribution in [1.29, 1.82) is 0 Å². The van der Waals surface area contributed by atoms with Crippen LogP contribution >= 0.6 is 0 Å². The Kier molecular flexibility index (Phi) is 1.97. The molecule has 0 aromatic carbocycles. The molecule has 2 fully saturated rings. The maximum absolute atomic E-state index is 9.78. The van der Waals surface area contributed by atoms with E-state index in [2.05, 4.69) is 13.8 Å². The van der Waals surface area contributed by atoms with Crippen LogP contribution in [0.4, 0.5) is 0 Å². The van der Waals surface area contributed by atoms with Gasteiger partial charge in [-0.15, -0.1) is 0 Å². The monoisotopic (exact) mass is 183 g/mol. The van der Waals surface area contributed by atoms with Gasteiger partial charge in [0.05, 0.1) is 6.10 Å². The fraction of sp³-hybridized carbons (Fsp3) is 1.00. The highest BCUT2D eigenvalue weighted by molar-refractivity contribution is 5.08. The van der Waals surface area contributed by atoms with Gasteiger partial charge in [0, 0.05) is 11.5 Å². The average Bonchev–Trinajstić information content (AvgIpc) is 2.04. The Morgan fingerprint density at radius 3 is 2.08 bits per heavy atom. The van der Waals surface area contributed by atoms with E-state index in [4.69, 9.17) is 5.73 Å². The van der Waals surface area contributed by atoms with E-state index in [1.165, 1.54) is 12.8 Å². The molecule has 2 unspecified atom stereocenters. The Labute approximate surface area is 80.5 Å². The number of nitrogens with two attached hydrogens (primary N) is 1. The van der Waals surface area contributed by atoms with E-state index in [1.54, 1.807) is 0 Å². The van der Waals surface area contributed by atoms with Crippen LogP contribution in [0.5, 0.6) is 0 Å². The molecule has 0 heterocycles. The fourth-order valence-electron chi connectivity index (χ4n) is 2.89. The smallest absolute Gasteiger partial charge is 0.0626 e. The number of hydrogen-bond donors (Lipinski definition) is 2. The summed E-state index contributed by atoms with van der Waals surface area (Å²) in [4.78, 5) is 0. The van der Waals surface area contributed by atoms with Crippen LogP contribution in [0.1, 0.15) is 46.0 Å². The highest BCUT2D eigenvalue weighted by Gasteiger charge is 2.54. The standard InChI is InChI=1S/C11H21NO/c1-10(2)3-5-11(6-4-10)8(12)7-9(11)13/h8-9,13H,3-7,12H2,1-2H3. The van der Waals surface area contributed by atoms with Crippen molar-refractivity contribution in [2.45, 2.75) is 58.1 Å². The van der Waals surface area contributed by atoms with Gasteiger partial charge in [-0.1, -0.05) is 13.8 Å². The summed E-state index contributed by atoms with van der Waals surface area (Å²) in [5, 5.41) is 9.78. The van der Waals surface area contributed by atoms with Gasteiger partial charge in [-0.3, -0.25) is 0 Å². The summed E-state index contributed by atoms with van der Waals surface area (Å²) in [5.41, 5.74) is 6.59. The Hall–Kier alpha value is -0.0800. The zero-order valence-corrected chi connectivity index (χ0v) is 8.71. The van der Waals surface area contributed by atoms with E-state index < -0.39 is 0 Å². The third kappa shape index (κ3) is 1.31. The van der Waals surface area contributed by atoms with Gasteiger partial charge in [-0.2, -0.15) is 0 Å². The molecule has 2 aliphatic carbocycles. The molecule has 3 N–H and O–H groups in total. The zero-order chi connectivity index (χ0) is 9.69. The minimum absolute atomic E-state index is 0.107. The number of rotatable bonds is 0. The topological polar surface area (TPSA) is 46.2 Å². The van der Waals surface area contributed by atoms with Gasteiger partial charge in [0.15, 0.2) is 0 Å². The molecule has 2 aliphatic rings. The summed E-state index contributed by atoms with van der Waals surface area (Å²) in [5.74, 6) is 0. The molecule has 13 heavy (non-hydrogen) atoms. The number of aliphatic hydroxyl groups excluding tert-OH is 1. The second-order valence-corrected chi connectivity index (χ2v) is 5.76. The first-order valence-corrected chi connectivity index (χ1v) is 5.40. The van der Waals surface area contributed by atoms with Gasteiger partial charge in [0.25, 0.3) is 0 Å². The first-order chi connectivity index (χ1) is 5.96. The molecule has 0 saturated heterocycles. The lowest BCUT2D eigenvalue weighted by Gasteiger charge is -2.56. The molecule has 2 rings (SSSR count). The summed E-state index contributed by atoms with van der Waals surface area (Å²) in [7, 11) is 0. The van der Waals surface area contributed by atoms with E-state index >= 15 is 0 Å². The molecule has 1 spiro atoms. The predicted molar refractivity (Wildman–Crippen MR) is 53.3 cm³/mol. The second kappa shape index (κ2) is 2.71. The van der Waals surface area contributed by atoms with Crippen LogP contribution in [0.2, 0.25) is 0 Å². The summed E-state index contributed by atoms with van der Waals surface area (Å²) in [6, 6.07) is 0.263. The minimum Gasteiger partial charge on any atom is -0.392 e. The molecule has 2 saturated carbocycles. The van der Waals surface area contributed by atoms with Gasteiger partial charge in [-0.25, -0.2) is 0 Å². The van der Waals surface area contributed by atoms with Crippen LogP contribution in [-0.4, -0.2) is 17.3 Å². The van der Waals surface area contributed by atoms with Crippen LogP contribution in [0, 0.1) is 10.8 Å². The van der Waals surface area contributed by atoms with Crippen molar-refractivity contribution in [3.8, 4) is 0 Å². The third-order valence-electron chi connectivity index (χ3n) is 4.41. The minimum atomic E-state index is -0.112. The van der Waals surface area contributed by atoms with Gasteiger partial charge in [0.2, 0.25) is 0 Å². The Balaban J connectivity index is 2.04. The van der Waals surface area contributed by atoms with Gasteiger partial charge >= 0.3 is 0 Å². The summed E-state index contributed by atoms with van der Waals surface area (Å²) in [6.45, 7) is 4.63. The van der Waals surface area contributed by atoms with E-state index in [0.29, 0.717) is 5.41 Å². The lowest BCUT2D eigenvalue weighted by atomic mass is 9.52. The van der Waals surface area contributed by atoms with E-state index in [0.717, 1.165) is 19.3 Å². The average molecular weight is 183 g/mol. The van der Waals surface area contributed by atoms with Crippen molar-refractivity contribution in [3.05, 3.63) is 0 Å². The van der Waals surface area contributed by atoms with E-state index in [9.17, 15) is 5.11 Å². The zero-order valence-electron chi connectivity index (χ0n) is 8.71. The quantitative estimate of drug-likeness (QED) is 0.600. The van der Waals surface area contributed by atoms with Crippen molar-refractivity contribution in [2.75, 3.05) is 0 Å². The van der Waals surface area contributed by atoms with E-state index in [-0.39, 0.29) is 17.6 Å². The molecular weight excluding hydrogens is 162 g/mol. The molecule has 0 aliphatic heterocycles. The maximum atomic E-state index is 9.78. The van der Waals surface area contributed by atoms with E-state index in [1.807, 2.05) is 0 Å². The summed E-state index contributed by atoms with van der Waals surface area (Å²) in [6.07, 6.45) is 5.40. The Morgan fingerprint density at radius 2 is 1.69 bits per heavy atom. The molecule has 0 aromatic rings. The van der Waals surface area contributed by atoms with Crippen LogP contribution in [-0.2, 0) is 0 Å². The molecule has 2 atom stereocenters. The second-order valence-electron chi connectivity index (χ2n) is 5.76. The molecule has 2 heteroatoms. The molecule has 0 radical (unpaired) electrons. The molecule has 2 nitrogen and oxygen atoms in total. The normalized spacial score (nSPS) is 41.5. The first-order valence-electron chi connectivity index (χ1n) is 5.40. The predicted octanol–water partition coefficient (Wildman–Crippen LogP) is 1.66. The van der Waals surface area contributed by atoms with Crippen LogP contribution in [0.25, 0.3) is 0 Å². The Bertz CT molecular complexity index is 192. The SMILES string of the molecule is CC1(C)CCC2(CC1)C(N)CC2O. The maximum Gasteiger partial charge on any atom is 0.0626 e. The van der Waals surface area contributed by atoms with Crippen LogP contribution in [0.15, 0.2) is 0 Å². The van der Waals surface area contributed by atoms with Crippen molar-refractivity contribution in [2.24, 2.45) is 16.6 Å². The third-order valence-corrected chi connectivity index (χ3v) is 4.41. The van der Waals surface area contributed by atoms with Crippen LogP contribution < -0.4 is 5.73 Å². The number of hydrogen-bond acceptors (Lipinski definition) is 2. The fourth-order valence-corrected chi connectivity index (χ4v) is 2.89. The highest BCUT2D eigenvalue weighted by Crippen LogP contribution is 2.54. The molecule has 0 amide bonds. The Morgan fingerprint density at radius 1 is 1.15 bits per heavy atom. The van der Waals surface area contributed by atoms with Crippen molar-refractivity contribution in [1.82, 2.24) is 0 Å². The van der Waals surface area contributed by atoms with Crippen LogP contribution in [0.3, 0.4) is 0 Å². The molecule has 76 valence electrons. The van der Waals surface area contributed by atoms with Gasteiger partial charge in [0.1, 0.15) is 0 Å². The van der Waals surface area contributed by atoms with Gasteiger partial charge < -0.3 is 10.8 Å². The van der Waals surface area contributed by atoms with Crippen molar-refractivity contribution in [3.63, 3.8) is 0 Å². The summed E-state index contributed by atoms with van der Waals surface area (Å²) >= 11 is 0. The first kappa shape index (κ1) is 9.47. The largest absolute Gasteiger partial charge is 0.392 e. The van der Waals surface area contributed by atoms with Crippen molar-refractivity contribution >= 4 is 0 Å². The van der Waals surface area contributed by atoms with Gasteiger partial charge in [-0.05, 0) is 37.5 Å². The van der Waals surface area contributed by atoms with Crippen molar-refractivity contribution < 1.29 is 5.11 Å². The molecule has 0 aromatic heterocycles. The lowest BCUT2D eigenvalue weighted by molar-refractivity contribution is -0.120. The number of aliphatic hydroxyl groups is 1. The lowest BCUT2D eigenvalue weighted by Crippen LogP contribution is -2.62. The molecule has 0 bridgehead atoms. The summed E-state index contributed by atoms with van der Waals surface area (Å²) < 4.78 is 0. The highest BCUT2D eigenvalue weighted by atomic mass is 16.3. The molecular formula is C11H21NO.